The third-order valence-corrected chi connectivity index (χ3v) is 5.53. The summed E-state index contributed by atoms with van der Waals surface area (Å²) in [5, 5.41) is 0.725. The van der Waals surface area contributed by atoms with Crippen molar-refractivity contribution < 1.29 is 0 Å². The summed E-state index contributed by atoms with van der Waals surface area (Å²) in [5.74, 6) is 1.68. The first-order valence-electron chi connectivity index (χ1n) is 7.65. The van der Waals surface area contributed by atoms with Gasteiger partial charge in [-0.3, -0.25) is 4.99 Å². The smallest absolute Gasteiger partial charge is 0.154 e. The lowest BCUT2D eigenvalue weighted by atomic mass is 9.90. The molecule has 1 aromatic carbocycles. The average molecular weight is 310 g/mol. The molecule has 1 aliphatic heterocycles. The molecule has 0 bridgehead atoms. The van der Waals surface area contributed by atoms with E-state index in [1.54, 1.807) is 18.1 Å². The van der Waals surface area contributed by atoms with Gasteiger partial charge in [-0.2, -0.15) is 0 Å². The topological polar surface area (TPSA) is 64.2 Å². The molecule has 2 N–H and O–H groups in total. The van der Waals surface area contributed by atoms with Crippen LogP contribution in [-0.4, -0.2) is 20.9 Å². The highest BCUT2D eigenvalue weighted by atomic mass is 32.2. The maximum absolute atomic E-state index is 5.99. The predicted molar refractivity (Wildman–Crippen MR) is 90.7 cm³/mol. The Labute approximate surface area is 134 Å². The van der Waals surface area contributed by atoms with Crippen molar-refractivity contribution in [3.05, 3.63) is 48.0 Å². The van der Waals surface area contributed by atoms with Crippen LogP contribution in [0.3, 0.4) is 0 Å². The van der Waals surface area contributed by atoms with Crippen molar-refractivity contribution in [1.82, 2.24) is 9.97 Å². The van der Waals surface area contributed by atoms with Crippen LogP contribution in [0.2, 0.25) is 0 Å². The molecule has 2 aliphatic rings. The lowest BCUT2D eigenvalue weighted by Gasteiger charge is -2.27. The Balaban J connectivity index is 1.81. The first-order chi connectivity index (χ1) is 10.8. The summed E-state index contributed by atoms with van der Waals surface area (Å²) in [7, 11) is 0. The number of rotatable bonds is 1. The highest BCUT2D eigenvalue weighted by Gasteiger charge is 2.31. The summed E-state index contributed by atoms with van der Waals surface area (Å²) in [5.41, 5.74) is 11.0. The molecule has 0 fully saturated rings. The molecule has 2 atom stereocenters. The number of fused-ring (bicyclic) bond motifs is 3. The highest BCUT2D eigenvalue weighted by Crippen LogP contribution is 2.41. The fourth-order valence-corrected chi connectivity index (χ4v) is 4.33. The van der Waals surface area contributed by atoms with Crippen LogP contribution in [0.5, 0.6) is 0 Å². The van der Waals surface area contributed by atoms with Gasteiger partial charge in [0.25, 0.3) is 0 Å². The number of aryl methyl sites for hydroxylation is 1. The Morgan fingerprint density at radius 1 is 1.14 bits per heavy atom. The van der Waals surface area contributed by atoms with Crippen molar-refractivity contribution in [3.8, 4) is 11.1 Å². The number of aliphatic imine (C=N–C) groups is 1. The van der Waals surface area contributed by atoms with E-state index in [0.29, 0.717) is 5.92 Å². The molecular formula is C17H18N4S. The van der Waals surface area contributed by atoms with E-state index in [1.807, 2.05) is 12.4 Å². The summed E-state index contributed by atoms with van der Waals surface area (Å²) < 4.78 is 0. The van der Waals surface area contributed by atoms with Gasteiger partial charge in [0.1, 0.15) is 6.33 Å². The maximum atomic E-state index is 5.99. The molecule has 0 spiro atoms. The molecule has 2 heterocycles. The minimum absolute atomic E-state index is 0.211. The molecule has 4 rings (SSSR count). The van der Waals surface area contributed by atoms with E-state index in [-0.39, 0.29) is 6.04 Å². The number of thioether (sulfide) groups is 1. The minimum atomic E-state index is 0.211. The molecule has 0 radical (unpaired) electrons. The van der Waals surface area contributed by atoms with Crippen LogP contribution in [0.1, 0.15) is 30.0 Å². The Morgan fingerprint density at radius 3 is 2.86 bits per heavy atom. The summed E-state index contributed by atoms with van der Waals surface area (Å²) in [4.78, 5) is 13.0. The minimum Gasteiger partial charge on any atom is -0.379 e. The molecule has 0 saturated carbocycles. The second-order valence-corrected chi connectivity index (χ2v) is 6.96. The number of hydrogen-bond donors (Lipinski definition) is 1. The van der Waals surface area contributed by atoms with Crippen molar-refractivity contribution in [1.29, 1.82) is 0 Å². The maximum Gasteiger partial charge on any atom is 0.154 e. The SMILES string of the molecule is NC1=N[C@@H]2c3cc(-c4cncnc4)ccc3CCC[C@@H]2CS1. The van der Waals surface area contributed by atoms with E-state index >= 15 is 0 Å². The largest absolute Gasteiger partial charge is 0.379 e. The van der Waals surface area contributed by atoms with Crippen LogP contribution in [0, 0.1) is 5.92 Å². The predicted octanol–water partition coefficient (Wildman–Crippen LogP) is 3.20. The average Bonchev–Trinajstić information content (AvgIpc) is 2.74. The van der Waals surface area contributed by atoms with Crippen LogP contribution in [0.15, 0.2) is 41.9 Å². The van der Waals surface area contributed by atoms with Gasteiger partial charge in [-0.15, -0.1) is 0 Å². The van der Waals surface area contributed by atoms with Crippen molar-refractivity contribution in [2.45, 2.75) is 25.3 Å². The molecular weight excluding hydrogens is 292 g/mol. The van der Waals surface area contributed by atoms with E-state index in [4.69, 9.17) is 10.7 Å². The van der Waals surface area contributed by atoms with Gasteiger partial charge in [-0.1, -0.05) is 23.9 Å². The van der Waals surface area contributed by atoms with Crippen molar-refractivity contribution in [3.63, 3.8) is 0 Å². The first-order valence-corrected chi connectivity index (χ1v) is 8.64. The molecule has 22 heavy (non-hydrogen) atoms. The van der Waals surface area contributed by atoms with Gasteiger partial charge in [0.15, 0.2) is 5.17 Å². The van der Waals surface area contributed by atoms with Crippen molar-refractivity contribution >= 4 is 16.9 Å². The lowest BCUT2D eigenvalue weighted by Crippen LogP contribution is -2.24. The second-order valence-electron chi connectivity index (χ2n) is 5.92. The van der Waals surface area contributed by atoms with Gasteiger partial charge in [0, 0.05) is 23.7 Å². The number of benzene rings is 1. The summed E-state index contributed by atoms with van der Waals surface area (Å²) >= 11 is 1.70. The molecule has 4 nitrogen and oxygen atoms in total. The number of nitrogens with zero attached hydrogens (tertiary/aromatic N) is 3. The zero-order valence-corrected chi connectivity index (χ0v) is 13.1. The lowest BCUT2D eigenvalue weighted by molar-refractivity contribution is 0.448. The van der Waals surface area contributed by atoms with E-state index in [1.165, 1.54) is 24.0 Å². The fraction of sp³-hybridized carbons (Fsp3) is 0.353. The highest BCUT2D eigenvalue weighted by molar-refractivity contribution is 8.13. The van der Waals surface area contributed by atoms with Gasteiger partial charge in [0.05, 0.1) is 6.04 Å². The zero-order chi connectivity index (χ0) is 14.9. The van der Waals surface area contributed by atoms with Crippen LogP contribution < -0.4 is 5.73 Å². The molecule has 1 aromatic heterocycles. The third-order valence-electron chi connectivity index (χ3n) is 4.54. The Kier molecular flexibility index (Phi) is 3.58. The standard InChI is InChI=1S/C17H18N4S/c18-17-21-16-13(9-22-17)3-1-2-11-4-5-12(6-15(11)16)14-7-19-10-20-8-14/h4-8,10,13,16H,1-3,9H2,(H2,18,21)/t13-,16+/m1/s1. The van der Waals surface area contributed by atoms with Crippen molar-refractivity contribution in [2.24, 2.45) is 16.6 Å². The Hall–Kier alpha value is -1.88. The van der Waals surface area contributed by atoms with Gasteiger partial charge in [0.2, 0.25) is 0 Å². The summed E-state index contributed by atoms with van der Waals surface area (Å²) in [6.45, 7) is 0. The molecule has 0 amide bonds. The zero-order valence-electron chi connectivity index (χ0n) is 12.3. The Morgan fingerprint density at radius 2 is 2.00 bits per heavy atom. The second kappa shape index (κ2) is 5.72. The fourth-order valence-electron chi connectivity index (χ4n) is 3.41. The van der Waals surface area contributed by atoms with E-state index in [9.17, 15) is 0 Å². The van der Waals surface area contributed by atoms with Gasteiger partial charge < -0.3 is 5.73 Å². The van der Waals surface area contributed by atoms with Gasteiger partial charge in [-0.25, -0.2) is 9.97 Å². The monoisotopic (exact) mass is 310 g/mol. The molecule has 5 heteroatoms. The van der Waals surface area contributed by atoms with Gasteiger partial charge in [-0.05, 0) is 47.9 Å². The first kappa shape index (κ1) is 13.8. The molecule has 0 unspecified atom stereocenters. The van der Waals surface area contributed by atoms with Crippen LogP contribution in [0.25, 0.3) is 11.1 Å². The van der Waals surface area contributed by atoms with Crippen LogP contribution >= 0.6 is 11.8 Å². The Bertz CT molecular complexity index is 714. The van der Waals surface area contributed by atoms with E-state index < -0.39 is 0 Å². The number of aromatic nitrogens is 2. The normalized spacial score (nSPS) is 23.9. The van der Waals surface area contributed by atoms with E-state index in [0.717, 1.165) is 28.5 Å². The number of amidine groups is 1. The number of hydrogen-bond acceptors (Lipinski definition) is 5. The van der Waals surface area contributed by atoms with Crippen LogP contribution in [0.4, 0.5) is 0 Å². The molecule has 1 aliphatic carbocycles. The summed E-state index contributed by atoms with van der Waals surface area (Å²) in [6.07, 6.45) is 8.87. The van der Waals surface area contributed by atoms with Gasteiger partial charge >= 0.3 is 0 Å². The molecule has 2 aromatic rings. The summed E-state index contributed by atoms with van der Waals surface area (Å²) in [6, 6.07) is 6.89. The third kappa shape index (κ3) is 2.50. The van der Waals surface area contributed by atoms with E-state index in [2.05, 4.69) is 28.2 Å². The number of nitrogens with two attached hydrogens (primary N) is 1. The van der Waals surface area contributed by atoms with Crippen LogP contribution in [-0.2, 0) is 6.42 Å². The van der Waals surface area contributed by atoms with Crippen molar-refractivity contribution in [2.75, 3.05) is 5.75 Å². The quantitative estimate of drug-likeness (QED) is 0.878. The molecule has 0 saturated heterocycles. The molecule has 112 valence electrons.